The van der Waals surface area contributed by atoms with E-state index < -0.39 is 0 Å². The van der Waals surface area contributed by atoms with E-state index in [-0.39, 0.29) is 11.9 Å². The molecule has 0 bridgehead atoms. The van der Waals surface area contributed by atoms with E-state index in [1.165, 1.54) is 289 Å². The molecule has 3 N–H and O–H groups in total. The summed E-state index contributed by atoms with van der Waals surface area (Å²) in [5, 5.41) is 2.81. The number of carbonyl (C=O) groups is 2. The highest BCUT2D eigenvalue weighted by molar-refractivity contribution is 5.75. The molecule has 0 radical (unpaired) electrons. The molecular formula is C60H120N2O3. The number of carbonyl (C=O) groups excluding carboxylic acids is 2. The molecule has 0 unspecified atom stereocenters. The maximum atomic E-state index is 12.0. The predicted octanol–water partition coefficient (Wildman–Crippen LogP) is 19.7. The molecule has 0 aliphatic rings. The van der Waals surface area contributed by atoms with E-state index >= 15 is 0 Å². The fourth-order valence-corrected chi connectivity index (χ4v) is 9.77. The molecule has 0 atom stereocenters. The van der Waals surface area contributed by atoms with Crippen molar-refractivity contribution in [3.8, 4) is 0 Å². The van der Waals surface area contributed by atoms with Gasteiger partial charge in [0.15, 0.2) is 0 Å². The summed E-state index contributed by atoms with van der Waals surface area (Å²) in [6, 6.07) is 0. The van der Waals surface area contributed by atoms with Gasteiger partial charge in [-0.3, -0.25) is 9.59 Å². The fourth-order valence-electron chi connectivity index (χ4n) is 9.77. The molecule has 0 aromatic heterocycles. The third kappa shape index (κ3) is 59.0. The van der Waals surface area contributed by atoms with Gasteiger partial charge >= 0.3 is 5.97 Å². The largest absolute Gasteiger partial charge is 0.466 e. The Kier molecular flexibility index (Phi) is 58.0. The van der Waals surface area contributed by atoms with Crippen molar-refractivity contribution in [1.29, 1.82) is 0 Å². The van der Waals surface area contributed by atoms with Gasteiger partial charge in [0, 0.05) is 25.9 Å². The molecule has 388 valence electrons. The summed E-state index contributed by atoms with van der Waals surface area (Å²) in [5.74, 6) is 0.0694. The van der Waals surface area contributed by atoms with Crippen LogP contribution in [0, 0.1) is 0 Å². The molecule has 0 heterocycles. The molecule has 1 amide bonds. The lowest BCUT2D eigenvalue weighted by Crippen LogP contribution is -2.28. The smallest absolute Gasteiger partial charge is 0.305 e. The first kappa shape index (κ1) is 63.9. The van der Waals surface area contributed by atoms with Gasteiger partial charge in [-0.15, -0.1) is 0 Å². The summed E-state index contributed by atoms with van der Waals surface area (Å²) in [5.41, 5.74) is 5.40. The minimum absolute atomic E-state index is 0.0334. The topological polar surface area (TPSA) is 81.4 Å². The average Bonchev–Trinajstić information content (AvgIpc) is 3.31. The molecule has 0 spiro atoms. The van der Waals surface area contributed by atoms with Crippen LogP contribution in [0.1, 0.15) is 354 Å². The predicted molar refractivity (Wildman–Crippen MR) is 288 cm³/mol. The number of hydrogen-bond acceptors (Lipinski definition) is 4. The molecule has 0 saturated heterocycles. The Hall–Kier alpha value is -1.10. The quantitative estimate of drug-likeness (QED) is 0.0470. The molecule has 5 heteroatoms. The van der Waals surface area contributed by atoms with Crippen molar-refractivity contribution < 1.29 is 14.3 Å². The summed E-state index contributed by atoms with van der Waals surface area (Å²) in [4.78, 5) is 23.5. The van der Waals surface area contributed by atoms with Gasteiger partial charge in [0.05, 0.1) is 6.61 Å². The van der Waals surface area contributed by atoms with Crippen LogP contribution in [0.3, 0.4) is 0 Å². The number of ether oxygens (including phenoxy) is 1. The molecule has 65 heavy (non-hydrogen) atoms. The number of nitrogens with one attached hydrogen (secondary N) is 1. The Bertz CT molecular complexity index is 896. The van der Waals surface area contributed by atoms with Crippen LogP contribution in [0.5, 0.6) is 0 Å². The van der Waals surface area contributed by atoms with Crippen LogP contribution >= 0.6 is 0 Å². The molecule has 0 rings (SSSR count). The zero-order valence-electron chi connectivity index (χ0n) is 44.6. The van der Waals surface area contributed by atoms with Gasteiger partial charge in [-0.05, 0) is 19.3 Å². The Balaban J connectivity index is 3.13. The van der Waals surface area contributed by atoms with Crippen molar-refractivity contribution in [3.63, 3.8) is 0 Å². The van der Waals surface area contributed by atoms with Crippen LogP contribution in [0.15, 0.2) is 0 Å². The number of hydrogen-bond donors (Lipinski definition) is 2. The SMILES string of the molecule is CCCCCCCCCCCCCCCCCCCCCCCCCCCCCCCCCCCCCCCCCCCCCCCCOC(=O)CCCCCCCCC(=O)NCCN. The van der Waals surface area contributed by atoms with Crippen LogP contribution in [0.2, 0.25) is 0 Å². The van der Waals surface area contributed by atoms with Gasteiger partial charge in [0.25, 0.3) is 0 Å². The van der Waals surface area contributed by atoms with E-state index in [1.54, 1.807) is 0 Å². The summed E-state index contributed by atoms with van der Waals surface area (Å²) in [6.45, 7) is 3.96. The zero-order chi connectivity index (χ0) is 46.9. The van der Waals surface area contributed by atoms with Crippen molar-refractivity contribution >= 4 is 11.9 Å². The van der Waals surface area contributed by atoms with Gasteiger partial charge in [-0.1, -0.05) is 322 Å². The van der Waals surface area contributed by atoms with Crippen LogP contribution in [-0.2, 0) is 14.3 Å². The van der Waals surface area contributed by atoms with E-state index in [4.69, 9.17) is 10.5 Å². The number of unbranched alkanes of at least 4 members (excludes halogenated alkanes) is 50. The highest BCUT2D eigenvalue weighted by atomic mass is 16.5. The highest BCUT2D eigenvalue weighted by Crippen LogP contribution is 2.19. The molecule has 0 aromatic carbocycles. The highest BCUT2D eigenvalue weighted by Gasteiger charge is 2.04. The van der Waals surface area contributed by atoms with Crippen molar-refractivity contribution in [2.45, 2.75) is 354 Å². The van der Waals surface area contributed by atoms with Crippen LogP contribution in [-0.4, -0.2) is 31.6 Å². The molecule has 0 saturated carbocycles. The van der Waals surface area contributed by atoms with E-state index in [1.807, 2.05) is 0 Å². The Morgan fingerprint density at radius 1 is 0.308 bits per heavy atom. The number of nitrogens with two attached hydrogens (primary N) is 1. The maximum absolute atomic E-state index is 12.0. The molecule has 5 nitrogen and oxygen atoms in total. The Morgan fingerprint density at radius 3 is 0.769 bits per heavy atom. The standard InChI is InChI=1S/C60H120N2O3/c1-2-3-4-5-6-7-8-9-10-11-12-13-14-15-16-17-18-19-20-21-22-23-24-25-26-27-28-29-30-31-32-33-34-35-36-37-38-39-40-41-42-43-44-47-50-53-58-65-60(64)55-52-49-46-45-48-51-54-59(63)62-57-56-61/h2-58,61H2,1H3,(H,62,63). The number of rotatable bonds is 58. The molecule has 0 aliphatic heterocycles. The van der Waals surface area contributed by atoms with E-state index in [0.717, 1.165) is 44.9 Å². The molecule has 0 fully saturated rings. The zero-order valence-corrected chi connectivity index (χ0v) is 44.6. The second-order valence-electron chi connectivity index (χ2n) is 20.9. The molecule has 0 aromatic rings. The Labute approximate surface area is 409 Å². The van der Waals surface area contributed by atoms with Crippen LogP contribution in [0.4, 0.5) is 0 Å². The summed E-state index contributed by atoms with van der Waals surface area (Å²) in [7, 11) is 0. The van der Waals surface area contributed by atoms with Crippen LogP contribution < -0.4 is 11.1 Å². The Morgan fingerprint density at radius 2 is 0.523 bits per heavy atom. The van der Waals surface area contributed by atoms with Gasteiger partial charge in [-0.2, -0.15) is 0 Å². The van der Waals surface area contributed by atoms with Gasteiger partial charge < -0.3 is 15.8 Å². The average molecular weight is 918 g/mol. The summed E-state index contributed by atoms with van der Waals surface area (Å²) >= 11 is 0. The van der Waals surface area contributed by atoms with Crippen molar-refractivity contribution in [2.75, 3.05) is 19.7 Å². The number of esters is 1. The number of amides is 1. The van der Waals surface area contributed by atoms with E-state index in [0.29, 0.717) is 32.5 Å². The molecule has 0 aliphatic carbocycles. The van der Waals surface area contributed by atoms with Crippen molar-refractivity contribution in [1.82, 2.24) is 5.32 Å². The minimum Gasteiger partial charge on any atom is -0.466 e. The lowest BCUT2D eigenvalue weighted by molar-refractivity contribution is -0.143. The second-order valence-corrected chi connectivity index (χ2v) is 20.9. The molecular weight excluding hydrogens is 797 g/mol. The lowest BCUT2D eigenvalue weighted by Gasteiger charge is -2.06. The van der Waals surface area contributed by atoms with Gasteiger partial charge in [-0.25, -0.2) is 0 Å². The fraction of sp³-hybridized carbons (Fsp3) is 0.967. The van der Waals surface area contributed by atoms with E-state index in [2.05, 4.69) is 12.2 Å². The van der Waals surface area contributed by atoms with E-state index in [9.17, 15) is 9.59 Å². The first-order valence-corrected chi connectivity index (χ1v) is 30.3. The summed E-state index contributed by atoms with van der Waals surface area (Å²) < 4.78 is 5.44. The normalized spacial score (nSPS) is 11.5. The first-order chi connectivity index (χ1) is 32.2. The van der Waals surface area contributed by atoms with Crippen molar-refractivity contribution in [3.05, 3.63) is 0 Å². The van der Waals surface area contributed by atoms with Gasteiger partial charge in [0.2, 0.25) is 5.91 Å². The third-order valence-corrected chi connectivity index (χ3v) is 14.3. The lowest BCUT2D eigenvalue weighted by atomic mass is 10.0. The minimum atomic E-state index is -0.0334. The van der Waals surface area contributed by atoms with Crippen LogP contribution in [0.25, 0.3) is 0 Å². The third-order valence-electron chi connectivity index (χ3n) is 14.3. The second kappa shape index (κ2) is 59.0. The van der Waals surface area contributed by atoms with Crippen molar-refractivity contribution in [2.24, 2.45) is 5.73 Å². The monoisotopic (exact) mass is 917 g/mol. The maximum Gasteiger partial charge on any atom is 0.305 e. The summed E-state index contributed by atoms with van der Waals surface area (Å²) in [6.07, 6.45) is 73.6. The first-order valence-electron chi connectivity index (χ1n) is 30.3. The van der Waals surface area contributed by atoms with Gasteiger partial charge in [0.1, 0.15) is 0 Å².